The van der Waals surface area contributed by atoms with Gasteiger partial charge in [0.25, 0.3) is 0 Å². The van der Waals surface area contributed by atoms with Gasteiger partial charge in [-0.1, -0.05) is 26.0 Å². The molecule has 0 saturated heterocycles. The number of aromatic nitrogens is 1. The van der Waals surface area contributed by atoms with Crippen molar-refractivity contribution in [2.45, 2.75) is 39.7 Å². The molecule has 0 radical (unpaired) electrons. The number of aromatic hydroxyl groups is 2. The summed E-state index contributed by atoms with van der Waals surface area (Å²) in [6, 6.07) is 7.83. The third-order valence-corrected chi connectivity index (χ3v) is 3.21. The molecule has 1 heterocycles. The lowest BCUT2D eigenvalue weighted by atomic mass is 10.0. The Balaban J connectivity index is 2.98. The number of benzene rings is 1. The van der Waals surface area contributed by atoms with Crippen LogP contribution < -0.4 is 4.57 Å². The molecular weight excluding hydrogens is 226 g/mol. The predicted octanol–water partition coefficient (Wildman–Crippen LogP) is 3.24. The summed E-state index contributed by atoms with van der Waals surface area (Å²) in [5, 5.41) is 21.0. The molecule has 3 heteroatoms. The summed E-state index contributed by atoms with van der Waals surface area (Å²) < 4.78 is 2.09. The SMILES string of the molecule is CC(C)c1c(O)c(O)c2ccccc2[n+]1C(C)C. The van der Waals surface area contributed by atoms with Crippen molar-refractivity contribution < 1.29 is 14.8 Å². The van der Waals surface area contributed by atoms with Crippen molar-refractivity contribution >= 4 is 10.9 Å². The van der Waals surface area contributed by atoms with E-state index >= 15 is 0 Å². The average molecular weight is 246 g/mol. The van der Waals surface area contributed by atoms with Crippen molar-refractivity contribution in [3.05, 3.63) is 30.0 Å². The number of nitrogens with zero attached hydrogens (tertiary/aromatic N) is 1. The van der Waals surface area contributed by atoms with Gasteiger partial charge in [-0.15, -0.1) is 0 Å². The van der Waals surface area contributed by atoms with E-state index in [0.717, 1.165) is 11.2 Å². The van der Waals surface area contributed by atoms with Crippen LogP contribution in [0.25, 0.3) is 10.9 Å². The quantitative estimate of drug-likeness (QED) is 0.799. The van der Waals surface area contributed by atoms with E-state index in [4.69, 9.17) is 0 Å². The molecule has 0 fully saturated rings. The first-order chi connectivity index (χ1) is 8.45. The number of fused-ring (bicyclic) bond motifs is 1. The van der Waals surface area contributed by atoms with Gasteiger partial charge in [-0.25, -0.2) is 0 Å². The Morgan fingerprint density at radius 1 is 0.944 bits per heavy atom. The van der Waals surface area contributed by atoms with Crippen LogP contribution in [0.5, 0.6) is 11.5 Å². The highest BCUT2D eigenvalue weighted by Gasteiger charge is 2.29. The van der Waals surface area contributed by atoms with Crippen LogP contribution in [0.4, 0.5) is 0 Å². The van der Waals surface area contributed by atoms with E-state index in [1.54, 1.807) is 0 Å². The van der Waals surface area contributed by atoms with Crippen molar-refractivity contribution in [3.8, 4) is 11.5 Å². The number of hydrogen-bond acceptors (Lipinski definition) is 2. The average Bonchev–Trinajstić information content (AvgIpc) is 2.32. The second-order valence-electron chi connectivity index (χ2n) is 5.22. The molecule has 2 aromatic rings. The standard InChI is InChI=1S/C15H19NO2/c1-9(2)13-15(18)14(17)11-7-5-6-8-12(11)16(13)10(3)4/h5-10,18H,1-4H3/p+1. The van der Waals surface area contributed by atoms with Crippen molar-refractivity contribution in [1.29, 1.82) is 0 Å². The first-order valence-electron chi connectivity index (χ1n) is 6.33. The third kappa shape index (κ3) is 1.80. The Hall–Kier alpha value is -1.77. The van der Waals surface area contributed by atoms with E-state index in [1.165, 1.54) is 0 Å². The zero-order chi connectivity index (χ0) is 13.4. The molecule has 0 atom stereocenters. The minimum atomic E-state index is -0.0220. The molecule has 2 N–H and O–H groups in total. The van der Waals surface area contributed by atoms with Gasteiger partial charge in [-0.2, -0.15) is 4.57 Å². The van der Waals surface area contributed by atoms with Crippen LogP contribution >= 0.6 is 0 Å². The summed E-state index contributed by atoms with van der Waals surface area (Å²) in [5.74, 6) is 0.117. The zero-order valence-electron chi connectivity index (χ0n) is 11.3. The van der Waals surface area contributed by atoms with Gasteiger partial charge in [0, 0.05) is 12.0 Å². The summed E-state index contributed by atoms with van der Waals surface area (Å²) in [6.07, 6.45) is 0. The van der Waals surface area contributed by atoms with Crippen molar-refractivity contribution in [2.75, 3.05) is 0 Å². The van der Waals surface area contributed by atoms with E-state index in [-0.39, 0.29) is 23.5 Å². The van der Waals surface area contributed by atoms with Gasteiger partial charge in [0.15, 0.2) is 11.8 Å². The number of rotatable bonds is 2. The van der Waals surface area contributed by atoms with E-state index in [2.05, 4.69) is 18.4 Å². The topological polar surface area (TPSA) is 44.3 Å². The van der Waals surface area contributed by atoms with Gasteiger partial charge in [0.1, 0.15) is 0 Å². The normalized spacial score (nSPS) is 11.7. The van der Waals surface area contributed by atoms with Crippen molar-refractivity contribution in [2.24, 2.45) is 0 Å². The summed E-state index contributed by atoms with van der Waals surface area (Å²) >= 11 is 0. The monoisotopic (exact) mass is 246 g/mol. The minimum absolute atomic E-state index is 0.00241. The Labute approximate surface area is 107 Å². The van der Waals surface area contributed by atoms with E-state index < -0.39 is 0 Å². The van der Waals surface area contributed by atoms with Crippen molar-refractivity contribution in [1.82, 2.24) is 0 Å². The van der Waals surface area contributed by atoms with Gasteiger partial charge < -0.3 is 10.2 Å². The number of hydrogen-bond donors (Lipinski definition) is 2. The first-order valence-corrected chi connectivity index (χ1v) is 6.33. The van der Waals surface area contributed by atoms with Gasteiger partial charge in [0.2, 0.25) is 17.0 Å². The van der Waals surface area contributed by atoms with Gasteiger partial charge in [0.05, 0.1) is 5.39 Å². The number of pyridine rings is 1. The smallest absolute Gasteiger partial charge is 0.230 e. The molecule has 0 amide bonds. The Morgan fingerprint density at radius 3 is 2.11 bits per heavy atom. The fourth-order valence-electron chi connectivity index (χ4n) is 2.48. The molecule has 1 aromatic heterocycles. The van der Waals surface area contributed by atoms with Crippen LogP contribution in [0.2, 0.25) is 0 Å². The highest BCUT2D eigenvalue weighted by molar-refractivity contribution is 5.85. The maximum absolute atomic E-state index is 10.2. The summed E-state index contributed by atoms with van der Waals surface area (Å²) in [5.41, 5.74) is 1.73. The highest BCUT2D eigenvalue weighted by Crippen LogP contribution is 2.37. The molecule has 1 aromatic carbocycles. The number of para-hydroxylation sites is 1. The Bertz CT molecular complexity index is 589. The molecule has 0 unspecified atom stereocenters. The fourth-order valence-corrected chi connectivity index (χ4v) is 2.48. The molecular formula is C15H20NO2+. The molecule has 0 bridgehead atoms. The van der Waals surface area contributed by atoms with Crippen LogP contribution in [0.1, 0.15) is 45.3 Å². The van der Waals surface area contributed by atoms with Gasteiger partial charge in [-0.3, -0.25) is 0 Å². The van der Waals surface area contributed by atoms with Crippen LogP contribution in [0, 0.1) is 0 Å². The molecule has 0 spiro atoms. The molecule has 96 valence electrons. The Kier molecular flexibility index (Phi) is 3.16. The third-order valence-electron chi connectivity index (χ3n) is 3.21. The fraction of sp³-hybridized carbons (Fsp3) is 0.400. The summed E-state index contributed by atoms with van der Waals surface area (Å²) in [7, 11) is 0. The van der Waals surface area contributed by atoms with Crippen LogP contribution in [-0.2, 0) is 0 Å². The lowest BCUT2D eigenvalue weighted by molar-refractivity contribution is -0.699. The lowest BCUT2D eigenvalue weighted by Gasteiger charge is -2.15. The highest BCUT2D eigenvalue weighted by atomic mass is 16.3. The first kappa shape index (κ1) is 12.7. The Morgan fingerprint density at radius 2 is 1.56 bits per heavy atom. The molecule has 3 nitrogen and oxygen atoms in total. The molecule has 18 heavy (non-hydrogen) atoms. The maximum Gasteiger partial charge on any atom is 0.230 e. The molecule has 2 rings (SSSR count). The zero-order valence-corrected chi connectivity index (χ0v) is 11.3. The second kappa shape index (κ2) is 4.48. The van der Waals surface area contributed by atoms with Crippen LogP contribution in [0.3, 0.4) is 0 Å². The molecule has 0 aliphatic rings. The van der Waals surface area contributed by atoms with Gasteiger partial charge in [-0.05, 0) is 19.9 Å². The van der Waals surface area contributed by atoms with E-state index in [0.29, 0.717) is 5.39 Å². The van der Waals surface area contributed by atoms with Crippen LogP contribution in [-0.4, -0.2) is 10.2 Å². The van der Waals surface area contributed by atoms with E-state index in [9.17, 15) is 10.2 Å². The molecule has 0 saturated carbocycles. The minimum Gasteiger partial charge on any atom is -0.504 e. The lowest BCUT2D eigenvalue weighted by Crippen LogP contribution is -2.42. The molecule has 0 aliphatic carbocycles. The summed E-state index contributed by atoms with van der Waals surface area (Å²) in [4.78, 5) is 0. The van der Waals surface area contributed by atoms with Crippen LogP contribution in [0.15, 0.2) is 24.3 Å². The molecule has 0 aliphatic heterocycles. The second-order valence-corrected chi connectivity index (χ2v) is 5.22. The maximum atomic E-state index is 10.2. The van der Waals surface area contributed by atoms with Gasteiger partial charge >= 0.3 is 0 Å². The summed E-state index contributed by atoms with van der Waals surface area (Å²) in [6.45, 7) is 8.19. The largest absolute Gasteiger partial charge is 0.504 e. The predicted molar refractivity (Wildman–Crippen MR) is 71.9 cm³/mol. The van der Waals surface area contributed by atoms with E-state index in [1.807, 2.05) is 38.1 Å². The van der Waals surface area contributed by atoms with Crippen molar-refractivity contribution in [3.63, 3.8) is 0 Å².